The number of hydrogen-bond acceptors (Lipinski definition) is 2. The monoisotopic (exact) mass is 333 g/mol. The van der Waals surface area contributed by atoms with E-state index in [0.29, 0.717) is 6.61 Å². The smallest absolute Gasteiger partial charge is 0.120 e. The summed E-state index contributed by atoms with van der Waals surface area (Å²) in [7, 11) is 0. The van der Waals surface area contributed by atoms with Crippen molar-refractivity contribution in [1.82, 2.24) is 0 Å². The molecule has 2 N–H and O–H groups in total. The van der Waals surface area contributed by atoms with Crippen molar-refractivity contribution in [1.29, 1.82) is 0 Å². The van der Waals surface area contributed by atoms with Crippen molar-refractivity contribution >= 4 is 15.9 Å². The van der Waals surface area contributed by atoms with E-state index in [1.807, 2.05) is 25.1 Å². The van der Waals surface area contributed by atoms with Crippen LogP contribution >= 0.6 is 15.9 Å². The van der Waals surface area contributed by atoms with E-state index in [-0.39, 0.29) is 6.04 Å². The van der Waals surface area contributed by atoms with Crippen molar-refractivity contribution in [3.05, 3.63) is 63.6 Å². The van der Waals surface area contributed by atoms with Crippen LogP contribution in [0.3, 0.4) is 0 Å². The third kappa shape index (κ3) is 3.84. The summed E-state index contributed by atoms with van der Waals surface area (Å²) >= 11 is 3.59. The maximum absolute atomic E-state index is 6.33. The van der Waals surface area contributed by atoms with Crippen LogP contribution in [0.15, 0.2) is 46.9 Å². The molecule has 0 aliphatic carbocycles. The molecule has 0 aromatic heterocycles. The van der Waals surface area contributed by atoms with E-state index in [2.05, 4.69) is 47.1 Å². The second-order valence-corrected chi connectivity index (χ2v) is 5.77. The molecule has 2 aromatic rings. The summed E-state index contributed by atoms with van der Waals surface area (Å²) < 4.78 is 6.49. The molecule has 0 bridgehead atoms. The fraction of sp³-hybridized carbons (Fsp3) is 0.294. The topological polar surface area (TPSA) is 35.2 Å². The number of halogens is 1. The maximum Gasteiger partial charge on any atom is 0.120 e. The summed E-state index contributed by atoms with van der Waals surface area (Å²) in [5.74, 6) is 0.867. The molecule has 0 heterocycles. The molecule has 1 unspecified atom stereocenters. The summed E-state index contributed by atoms with van der Waals surface area (Å²) in [6.45, 7) is 4.74. The Balaban J connectivity index is 2.14. The van der Waals surface area contributed by atoms with Crippen LogP contribution in [-0.2, 0) is 6.42 Å². The Bertz CT molecular complexity index is 583. The Hall–Kier alpha value is -1.32. The number of ether oxygens (including phenoxy) is 1. The summed E-state index contributed by atoms with van der Waals surface area (Å²) in [6, 6.07) is 14.4. The van der Waals surface area contributed by atoms with E-state index in [9.17, 15) is 0 Å². The molecule has 0 saturated carbocycles. The van der Waals surface area contributed by atoms with Gasteiger partial charge in [0.05, 0.1) is 6.61 Å². The molecule has 2 rings (SSSR count). The van der Waals surface area contributed by atoms with Crippen LogP contribution in [0.5, 0.6) is 5.75 Å². The Labute approximate surface area is 129 Å². The standard InChI is InChI=1S/C17H20BrNO/c1-3-20-14-7-8-15(16(18)11-14)17(19)10-13-6-4-5-12(2)9-13/h4-9,11,17H,3,10,19H2,1-2H3. The molecule has 2 aromatic carbocycles. The Morgan fingerprint density at radius 1 is 1.20 bits per heavy atom. The molecule has 1 atom stereocenters. The van der Waals surface area contributed by atoms with Crippen molar-refractivity contribution in [3.8, 4) is 5.75 Å². The van der Waals surface area contributed by atoms with E-state index < -0.39 is 0 Å². The van der Waals surface area contributed by atoms with Crippen molar-refractivity contribution in [3.63, 3.8) is 0 Å². The predicted molar refractivity (Wildman–Crippen MR) is 87.1 cm³/mol. The van der Waals surface area contributed by atoms with Gasteiger partial charge in [-0.05, 0) is 43.5 Å². The number of rotatable bonds is 5. The van der Waals surface area contributed by atoms with Crippen molar-refractivity contribution in [2.24, 2.45) is 5.73 Å². The van der Waals surface area contributed by atoms with Gasteiger partial charge in [0.1, 0.15) is 5.75 Å². The van der Waals surface area contributed by atoms with E-state index in [0.717, 1.165) is 22.2 Å². The van der Waals surface area contributed by atoms with Crippen LogP contribution in [0, 0.1) is 6.92 Å². The number of nitrogens with two attached hydrogens (primary N) is 1. The first kappa shape index (κ1) is 15.1. The zero-order valence-electron chi connectivity index (χ0n) is 11.9. The van der Waals surface area contributed by atoms with Crippen molar-refractivity contribution in [2.45, 2.75) is 26.3 Å². The molecule has 20 heavy (non-hydrogen) atoms. The van der Waals surface area contributed by atoms with Gasteiger partial charge < -0.3 is 10.5 Å². The molecule has 0 amide bonds. The van der Waals surface area contributed by atoms with Crippen LogP contribution in [0.4, 0.5) is 0 Å². The van der Waals surface area contributed by atoms with Gasteiger partial charge in [0.25, 0.3) is 0 Å². The lowest BCUT2D eigenvalue weighted by molar-refractivity contribution is 0.340. The van der Waals surface area contributed by atoms with Crippen molar-refractivity contribution < 1.29 is 4.74 Å². The van der Waals surface area contributed by atoms with Crippen LogP contribution < -0.4 is 10.5 Å². The summed E-state index contributed by atoms with van der Waals surface area (Å²) in [5.41, 5.74) is 9.96. The van der Waals surface area contributed by atoms with Crippen LogP contribution in [0.1, 0.15) is 29.7 Å². The lowest BCUT2D eigenvalue weighted by atomic mass is 9.98. The predicted octanol–water partition coefficient (Wildman–Crippen LogP) is 4.40. The van der Waals surface area contributed by atoms with Crippen LogP contribution in [-0.4, -0.2) is 6.61 Å². The van der Waals surface area contributed by atoms with Crippen LogP contribution in [0.2, 0.25) is 0 Å². The van der Waals surface area contributed by atoms with E-state index in [1.54, 1.807) is 0 Å². The lowest BCUT2D eigenvalue weighted by Crippen LogP contribution is -2.14. The minimum atomic E-state index is -0.0261. The van der Waals surface area contributed by atoms with Gasteiger partial charge in [-0.25, -0.2) is 0 Å². The first-order chi connectivity index (χ1) is 9.60. The third-order valence-electron chi connectivity index (χ3n) is 3.22. The zero-order valence-corrected chi connectivity index (χ0v) is 13.5. The minimum absolute atomic E-state index is 0.0261. The van der Waals surface area contributed by atoms with Gasteiger partial charge in [0.15, 0.2) is 0 Å². The van der Waals surface area contributed by atoms with Crippen molar-refractivity contribution in [2.75, 3.05) is 6.61 Å². The normalized spacial score (nSPS) is 12.2. The molecule has 0 aliphatic rings. The second-order valence-electron chi connectivity index (χ2n) is 4.92. The lowest BCUT2D eigenvalue weighted by Gasteiger charge is -2.15. The highest BCUT2D eigenvalue weighted by atomic mass is 79.9. The highest BCUT2D eigenvalue weighted by Gasteiger charge is 2.11. The fourth-order valence-corrected chi connectivity index (χ4v) is 2.92. The summed E-state index contributed by atoms with van der Waals surface area (Å²) in [4.78, 5) is 0. The van der Waals surface area contributed by atoms with Gasteiger partial charge in [-0.1, -0.05) is 51.8 Å². The van der Waals surface area contributed by atoms with E-state index in [1.165, 1.54) is 11.1 Å². The van der Waals surface area contributed by atoms with Gasteiger partial charge in [0.2, 0.25) is 0 Å². The number of benzene rings is 2. The maximum atomic E-state index is 6.33. The van der Waals surface area contributed by atoms with Gasteiger partial charge in [0, 0.05) is 10.5 Å². The molecule has 3 heteroatoms. The molecule has 0 spiro atoms. The molecule has 0 radical (unpaired) electrons. The fourth-order valence-electron chi connectivity index (χ4n) is 2.27. The molecular weight excluding hydrogens is 314 g/mol. The molecule has 0 aliphatic heterocycles. The highest BCUT2D eigenvalue weighted by Crippen LogP contribution is 2.28. The highest BCUT2D eigenvalue weighted by molar-refractivity contribution is 9.10. The first-order valence-corrected chi connectivity index (χ1v) is 7.63. The molecule has 0 fully saturated rings. The second kappa shape index (κ2) is 6.91. The van der Waals surface area contributed by atoms with Gasteiger partial charge in [-0.2, -0.15) is 0 Å². The van der Waals surface area contributed by atoms with Gasteiger partial charge >= 0.3 is 0 Å². The third-order valence-corrected chi connectivity index (χ3v) is 3.91. The molecule has 106 valence electrons. The molecule has 0 saturated heterocycles. The Morgan fingerprint density at radius 3 is 2.65 bits per heavy atom. The quantitative estimate of drug-likeness (QED) is 0.880. The molecular formula is C17H20BrNO. The van der Waals surface area contributed by atoms with E-state index in [4.69, 9.17) is 10.5 Å². The minimum Gasteiger partial charge on any atom is -0.494 e. The van der Waals surface area contributed by atoms with Gasteiger partial charge in [-0.3, -0.25) is 0 Å². The average Bonchev–Trinajstić information content (AvgIpc) is 2.39. The summed E-state index contributed by atoms with van der Waals surface area (Å²) in [6.07, 6.45) is 0.828. The van der Waals surface area contributed by atoms with Gasteiger partial charge in [-0.15, -0.1) is 0 Å². The number of hydrogen-bond donors (Lipinski definition) is 1. The Morgan fingerprint density at radius 2 is 2.00 bits per heavy atom. The van der Waals surface area contributed by atoms with Crippen LogP contribution in [0.25, 0.3) is 0 Å². The zero-order chi connectivity index (χ0) is 14.5. The Kier molecular flexibility index (Phi) is 5.21. The average molecular weight is 334 g/mol. The first-order valence-electron chi connectivity index (χ1n) is 6.83. The van der Waals surface area contributed by atoms with E-state index >= 15 is 0 Å². The number of aryl methyl sites for hydroxylation is 1. The molecule has 2 nitrogen and oxygen atoms in total. The summed E-state index contributed by atoms with van der Waals surface area (Å²) in [5, 5.41) is 0. The largest absolute Gasteiger partial charge is 0.494 e. The SMILES string of the molecule is CCOc1ccc(C(N)Cc2cccc(C)c2)c(Br)c1.